The molecule has 2 aromatic carbocycles. The van der Waals surface area contributed by atoms with Crippen LogP contribution in [0.15, 0.2) is 45.3 Å². The highest BCUT2D eigenvalue weighted by atomic mass is 79.9. The number of fused-ring (bicyclic) bond motifs is 3. The number of carboxylic acid groups (broad SMARTS) is 1. The number of nitrogens with zero attached hydrogens (tertiary/aromatic N) is 2. The number of nitrogens with one attached hydrogen (secondary N) is 1. The van der Waals surface area contributed by atoms with E-state index >= 15 is 0 Å². The topological polar surface area (TPSA) is 77.7 Å². The quantitative estimate of drug-likeness (QED) is 0.446. The lowest BCUT2D eigenvalue weighted by atomic mass is 10.1. The molecule has 2 heterocycles. The third-order valence-electron chi connectivity index (χ3n) is 5.06. The largest absolute Gasteiger partial charge is 0.478 e. The maximum absolute atomic E-state index is 12.3. The van der Waals surface area contributed by atoms with Gasteiger partial charge in [0.15, 0.2) is 0 Å². The first-order valence-electron chi connectivity index (χ1n) is 8.69. The molecule has 0 saturated carbocycles. The Hall–Kier alpha value is -0.870. The van der Waals surface area contributed by atoms with Crippen LogP contribution in [0.3, 0.4) is 0 Å². The van der Waals surface area contributed by atoms with Crippen LogP contribution in [0.25, 0.3) is 21.8 Å². The molecule has 1 atom stereocenters. The van der Waals surface area contributed by atoms with Gasteiger partial charge in [0.2, 0.25) is 0 Å². The number of β-amino-alcohol motifs (C(OH)–C–C–N with tert-alkyl or cyclic N) is 1. The van der Waals surface area contributed by atoms with E-state index in [1.165, 1.54) is 0 Å². The molecule has 1 fully saturated rings. The number of aromatic nitrogens is 1. The maximum atomic E-state index is 12.3. The Balaban J connectivity index is 0.00000150. The molecular formula is C19H21Br2Cl2N3O3. The average Bonchev–Trinajstić information content (AvgIpc) is 2.96. The van der Waals surface area contributed by atoms with Crippen LogP contribution < -0.4 is 5.32 Å². The molecule has 0 bridgehead atoms. The zero-order valence-electron chi connectivity index (χ0n) is 15.3. The fraction of sp³-hybridized carbons (Fsp3) is 0.316. The molecule has 158 valence electrons. The Bertz CT molecular complexity index is 981. The predicted octanol–water partition coefficient (Wildman–Crippen LogP) is 3.80. The van der Waals surface area contributed by atoms with Gasteiger partial charge in [-0.3, -0.25) is 4.90 Å². The predicted molar refractivity (Wildman–Crippen MR) is 126 cm³/mol. The highest BCUT2D eigenvalue weighted by Gasteiger charge is 2.42. The van der Waals surface area contributed by atoms with Crippen LogP contribution in [0, 0.1) is 0 Å². The van der Waals surface area contributed by atoms with Crippen molar-refractivity contribution in [3.63, 3.8) is 0 Å². The van der Waals surface area contributed by atoms with Crippen molar-refractivity contribution in [2.24, 2.45) is 0 Å². The molecule has 10 heteroatoms. The molecule has 0 aliphatic carbocycles. The molecule has 29 heavy (non-hydrogen) atoms. The molecule has 1 aromatic heterocycles. The molecule has 1 aliphatic heterocycles. The second kappa shape index (κ2) is 9.51. The van der Waals surface area contributed by atoms with Crippen molar-refractivity contribution in [3.05, 3.63) is 45.3 Å². The normalized spacial score (nSPS) is 16.8. The zero-order valence-corrected chi connectivity index (χ0v) is 20.1. The van der Waals surface area contributed by atoms with Gasteiger partial charge in [-0.25, -0.2) is 4.79 Å². The second-order valence-electron chi connectivity index (χ2n) is 6.81. The molecule has 0 radical (unpaired) electrons. The summed E-state index contributed by atoms with van der Waals surface area (Å²) < 4.78 is 3.35. The van der Waals surface area contributed by atoms with E-state index in [9.17, 15) is 15.0 Å². The maximum Gasteiger partial charge on any atom is 0.359 e. The molecule has 0 spiro atoms. The molecule has 3 N–H and O–H groups in total. The van der Waals surface area contributed by atoms with Crippen LogP contribution in [0.2, 0.25) is 0 Å². The van der Waals surface area contributed by atoms with Gasteiger partial charge >= 0.3 is 5.97 Å². The van der Waals surface area contributed by atoms with E-state index in [-0.39, 0.29) is 31.4 Å². The number of aliphatic hydroxyl groups is 1. The number of rotatable bonds is 4. The number of benzene rings is 2. The van der Waals surface area contributed by atoms with Crippen LogP contribution in [0.1, 0.15) is 0 Å². The number of aliphatic carboxylic acids is 1. The van der Waals surface area contributed by atoms with E-state index in [1.807, 2.05) is 41.3 Å². The molecule has 3 aromatic rings. The van der Waals surface area contributed by atoms with Gasteiger partial charge in [0, 0.05) is 45.9 Å². The molecular weight excluding hydrogens is 549 g/mol. The van der Waals surface area contributed by atoms with Gasteiger partial charge in [0.05, 0.1) is 17.6 Å². The van der Waals surface area contributed by atoms with Crippen molar-refractivity contribution < 1.29 is 15.0 Å². The number of hydrogen-bond donors (Lipinski definition) is 3. The molecule has 6 nitrogen and oxygen atoms in total. The third kappa shape index (κ3) is 4.44. The van der Waals surface area contributed by atoms with Gasteiger partial charge in [0.25, 0.3) is 5.72 Å². The fourth-order valence-electron chi connectivity index (χ4n) is 3.78. The van der Waals surface area contributed by atoms with Gasteiger partial charge in [-0.1, -0.05) is 31.9 Å². The monoisotopic (exact) mass is 567 g/mol. The minimum absolute atomic E-state index is 0. The Morgan fingerprint density at radius 1 is 1.00 bits per heavy atom. The molecule has 4 rings (SSSR count). The number of halogens is 4. The van der Waals surface area contributed by atoms with Crippen LogP contribution >= 0.6 is 56.7 Å². The smallest absolute Gasteiger partial charge is 0.359 e. The van der Waals surface area contributed by atoms with Gasteiger partial charge in [-0.15, -0.1) is 24.8 Å². The summed E-state index contributed by atoms with van der Waals surface area (Å²) in [6, 6.07) is 11.3. The lowest BCUT2D eigenvalue weighted by Crippen LogP contribution is -2.55. The summed E-state index contributed by atoms with van der Waals surface area (Å²) in [5.74, 6) is -1.26. The van der Waals surface area contributed by atoms with Crippen molar-refractivity contribution in [2.45, 2.75) is 5.72 Å². The minimum atomic E-state index is -2.07. The first kappa shape index (κ1) is 24.4. The third-order valence-corrected chi connectivity index (χ3v) is 6.04. The van der Waals surface area contributed by atoms with Crippen molar-refractivity contribution in [1.82, 2.24) is 14.8 Å². The van der Waals surface area contributed by atoms with E-state index in [1.54, 1.807) is 4.57 Å². The van der Waals surface area contributed by atoms with E-state index < -0.39 is 11.7 Å². The summed E-state index contributed by atoms with van der Waals surface area (Å²) in [6.07, 6.45) is 0. The van der Waals surface area contributed by atoms with Crippen molar-refractivity contribution in [2.75, 3.05) is 32.7 Å². The van der Waals surface area contributed by atoms with Crippen molar-refractivity contribution in [3.8, 4) is 0 Å². The second-order valence-corrected chi connectivity index (χ2v) is 8.64. The Kier molecular flexibility index (Phi) is 8.00. The highest BCUT2D eigenvalue weighted by Crippen LogP contribution is 2.36. The number of piperazine rings is 1. The lowest BCUT2D eigenvalue weighted by Gasteiger charge is -2.35. The molecule has 1 saturated heterocycles. The molecule has 0 amide bonds. The summed E-state index contributed by atoms with van der Waals surface area (Å²) in [5.41, 5.74) is -0.698. The summed E-state index contributed by atoms with van der Waals surface area (Å²) in [4.78, 5) is 14.3. The number of hydrogen-bond acceptors (Lipinski definition) is 4. The first-order valence-corrected chi connectivity index (χ1v) is 10.3. The zero-order chi connectivity index (χ0) is 19.2. The summed E-state index contributed by atoms with van der Waals surface area (Å²) in [5, 5.41) is 26.5. The van der Waals surface area contributed by atoms with Gasteiger partial charge in [-0.2, -0.15) is 0 Å². The number of carboxylic acids is 1. The minimum Gasteiger partial charge on any atom is -0.478 e. The van der Waals surface area contributed by atoms with Crippen LogP contribution in [-0.2, 0) is 10.5 Å². The van der Waals surface area contributed by atoms with E-state index in [2.05, 4.69) is 37.2 Å². The average molecular weight is 570 g/mol. The standard InChI is InChI=1S/C19H19Br2N3O3.2ClH/c20-12-1-3-16-14(9-12)15-10-13(21)2-4-17(15)24(16)19(27,18(25)26)11-23-7-5-22-6-8-23;;/h1-4,9-10,22,27H,5-8,11H2,(H,25,26);2*1H. The molecule has 1 aliphatic rings. The van der Waals surface area contributed by atoms with Gasteiger partial charge < -0.3 is 20.1 Å². The fourth-order valence-corrected chi connectivity index (χ4v) is 4.50. The van der Waals surface area contributed by atoms with Crippen LogP contribution in [0.4, 0.5) is 0 Å². The molecule has 1 unspecified atom stereocenters. The number of carbonyl (C=O) groups is 1. The summed E-state index contributed by atoms with van der Waals surface area (Å²) in [7, 11) is 0. The van der Waals surface area contributed by atoms with Crippen LogP contribution in [0.5, 0.6) is 0 Å². The highest BCUT2D eigenvalue weighted by molar-refractivity contribution is 9.10. The van der Waals surface area contributed by atoms with Crippen molar-refractivity contribution >= 4 is 84.4 Å². The van der Waals surface area contributed by atoms with Crippen molar-refractivity contribution in [1.29, 1.82) is 0 Å². The summed E-state index contributed by atoms with van der Waals surface area (Å²) in [6.45, 7) is 2.98. The first-order chi connectivity index (χ1) is 12.9. The Labute approximate surface area is 197 Å². The Morgan fingerprint density at radius 3 is 1.93 bits per heavy atom. The summed E-state index contributed by atoms with van der Waals surface area (Å²) >= 11 is 6.98. The van der Waals surface area contributed by atoms with Crippen LogP contribution in [-0.4, -0.2) is 58.4 Å². The van der Waals surface area contributed by atoms with E-state index in [0.29, 0.717) is 24.1 Å². The van der Waals surface area contributed by atoms with E-state index in [0.717, 1.165) is 32.8 Å². The lowest BCUT2D eigenvalue weighted by molar-refractivity contribution is -0.172. The van der Waals surface area contributed by atoms with E-state index in [4.69, 9.17) is 0 Å². The SMILES string of the molecule is Cl.Cl.O=C(O)C(O)(CN1CCNCC1)n1c2ccc(Br)cc2c2cc(Br)ccc21. The van der Waals surface area contributed by atoms with Gasteiger partial charge in [-0.05, 0) is 36.4 Å². The van der Waals surface area contributed by atoms with Gasteiger partial charge in [0.1, 0.15) is 0 Å². The Morgan fingerprint density at radius 2 is 1.48 bits per heavy atom.